The molecule has 0 aromatic rings. The third-order valence-corrected chi connectivity index (χ3v) is 2.62. The molecule has 0 saturated carbocycles. The zero-order valence-corrected chi connectivity index (χ0v) is 6.91. The summed E-state index contributed by atoms with van der Waals surface area (Å²) in [6, 6.07) is 0. The number of hydrogen-bond acceptors (Lipinski definition) is 2. The summed E-state index contributed by atoms with van der Waals surface area (Å²) >= 11 is 0. The van der Waals surface area contributed by atoms with E-state index in [1.165, 1.54) is 0 Å². The second-order valence-electron chi connectivity index (χ2n) is 3.42. The minimum Gasteiger partial charge on any atom is -0.330 e. The van der Waals surface area contributed by atoms with E-state index < -0.39 is 0 Å². The minimum atomic E-state index is -0.203. The summed E-state index contributed by atoms with van der Waals surface area (Å²) in [4.78, 5) is 0. The van der Waals surface area contributed by atoms with Crippen molar-refractivity contribution in [1.82, 2.24) is 5.32 Å². The van der Waals surface area contributed by atoms with Crippen LogP contribution in [-0.4, -0.2) is 26.3 Å². The van der Waals surface area contributed by atoms with Crippen LogP contribution in [0.25, 0.3) is 0 Å². The number of halogens is 1. The first-order valence-electron chi connectivity index (χ1n) is 4.30. The number of piperidine rings is 1. The molecule has 0 radical (unpaired) electrons. The molecule has 0 amide bonds. The molecule has 3 N–H and O–H groups in total. The van der Waals surface area contributed by atoms with Crippen molar-refractivity contribution in [3.8, 4) is 0 Å². The van der Waals surface area contributed by atoms with Gasteiger partial charge in [-0.05, 0) is 38.9 Å². The number of alkyl halides is 1. The van der Waals surface area contributed by atoms with Gasteiger partial charge in [0.05, 0.1) is 6.67 Å². The van der Waals surface area contributed by atoms with Gasteiger partial charge in [0.25, 0.3) is 0 Å². The summed E-state index contributed by atoms with van der Waals surface area (Å²) in [6.07, 6.45) is 2.73. The smallest absolute Gasteiger partial charge is 0.0952 e. The summed E-state index contributed by atoms with van der Waals surface area (Å²) in [5.41, 5.74) is 5.35. The normalized spacial score (nSPS) is 23.5. The van der Waals surface area contributed by atoms with Gasteiger partial charge in [0.1, 0.15) is 0 Å². The fourth-order valence-electron chi connectivity index (χ4n) is 1.71. The molecular formula is C8H17FN2. The summed E-state index contributed by atoms with van der Waals surface area (Å²) < 4.78 is 12.6. The molecule has 1 aliphatic heterocycles. The second-order valence-corrected chi connectivity index (χ2v) is 3.42. The largest absolute Gasteiger partial charge is 0.330 e. The van der Waals surface area contributed by atoms with E-state index in [1.54, 1.807) is 0 Å². The van der Waals surface area contributed by atoms with Crippen molar-refractivity contribution in [2.24, 2.45) is 11.1 Å². The van der Waals surface area contributed by atoms with Gasteiger partial charge in [0.15, 0.2) is 0 Å². The van der Waals surface area contributed by atoms with Crippen LogP contribution in [0.4, 0.5) is 4.39 Å². The maximum absolute atomic E-state index is 12.6. The van der Waals surface area contributed by atoms with Crippen molar-refractivity contribution in [2.45, 2.75) is 19.3 Å². The Morgan fingerprint density at radius 2 is 2.00 bits per heavy atom. The lowest BCUT2D eigenvalue weighted by atomic mass is 9.77. The van der Waals surface area contributed by atoms with Gasteiger partial charge < -0.3 is 11.1 Å². The molecule has 11 heavy (non-hydrogen) atoms. The molecule has 0 bridgehead atoms. The van der Waals surface area contributed by atoms with E-state index >= 15 is 0 Å². The van der Waals surface area contributed by atoms with Gasteiger partial charge in [-0.2, -0.15) is 0 Å². The van der Waals surface area contributed by atoms with Crippen molar-refractivity contribution in [3.63, 3.8) is 0 Å². The van der Waals surface area contributed by atoms with Crippen molar-refractivity contribution in [1.29, 1.82) is 0 Å². The van der Waals surface area contributed by atoms with Crippen molar-refractivity contribution >= 4 is 0 Å². The molecule has 1 rings (SSSR count). The molecule has 0 aliphatic carbocycles. The SMILES string of the molecule is NCCC1(CF)CCNCC1. The number of nitrogens with two attached hydrogens (primary N) is 1. The van der Waals surface area contributed by atoms with Crippen molar-refractivity contribution in [3.05, 3.63) is 0 Å². The van der Waals surface area contributed by atoms with E-state index in [9.17, 15) is 4.39 Å². The highest BCUT2D eigenvalue weighted by Crippen LogP contribution is 2.32. The van der Waals surface area contributed by atoms with E-state index in [0.717, 1.165) is 32.4 Å². The molecule has 0 spiro atoms. The van der Waals surface area contributed by atoms with Gasteiger partial charge in [-0.1, -0.05) is 0 Å². The summed E-state index contributed by atoms with van der Waals surface area (Å²) in [7, 11) is 0. The van der Waals surface area contributed by atoms with Crippen LogP contribution in [0.3, 0.4) is 0 Å². The maximum atomic E-state index is 12.6. The van der Waals surface area contributed by atoms with E-state index in [0.29, 0.717) is 6.54 Å². The summed E-state index contributed by atoms with van der Waals surface area (Å²) in [5.74, 6) is 0. The first kappa shape index (κ1) is 8.94. The van der Waals surface area contributed by atoms with Gasteiger partial charge in [0.2, 0.25) is 0 Å². The highest BCUT2D eigenvalue weighted by molar-refractivity contribution is 4.84. The van der Waals surface area contributed by atoms with Crippen LogP contribution in [0.5, 0.6) is 0 Å². The van der Waals surface area contributed by atoms with E-state index in [-0.39, 0.29) is 12.1 Å². The lowest BCUT2D eigenvalue weighted by Gasteiger charge is -2.34. The molecule has 0 unspecified atom stereocenters. The molecule has 1 aliphatic rings. The van der Waals surface area contributed by atoms with Gasteiger partial charge in [-0.3, -0.25) is 4.39 Å². The first-order chi connectivity index (χ1) is 5.33. The Morgan fingerprint density at radius 3 is 2.45 bits per heavy atom. The van der Waals surface area contributed by atoms with E-state index in [2.05, 4.69) is 5.32 Å². The van der Waals surface area contributed by atoms with Crippen LogP contribution in [0, 0.1) is 5.41 Å². The van der Waals surface area contributed by atoms with Crippen LogP contribution in [0.15, 0.2) is 0 Å². The van der Waals surface area contributed by atoms with Gasteiger partial charge >= 0.3 is 0 Å². The van der Waals surface area contributed by atoms with Gasteiger partial charge in [-0.25, -0.2) is 0 Å². The number of hydrogen-bond donors (Lipinski definition) is 2. The molecule has 1 fully saturated rings. The van der Waals surface area contributed by atoms with E-state index in [4.69, 9.17) is 5.73 Å². The van der Waals surface area contributed by atoms with Gasteiger partial charge in [0, 0.05) is 5.41 Å². The highest BCUT2D eigenvalue weighted by atomic mass is 19.1. The predicted molar refractivity (Wildman–Crippen MR) is 44.2 cm³/mol. The fraction of sp³-hybridized carbons (Fsp3) is 1.00. The Bertz CT molecular complexity index is 105. The summed E-state index contributed by atoms with van der Waals surface area (Å²) in [5, 5.41) is 3.22. The number of rotatable bonds is 3. The van der Waals surface area contributed by atoms with Crippen LogP contribution < -0.4 is 11.1 Å². The topological polar surface area (TPSA) is 38.0 Å². The molecule has 1 saturated heterocycles. The third kappa shape index (κ3) is 2.14. The van der Waals surface area contributed by atoms with Crippen LogP contribution in [0.1, 0.15) is 19.3 Å². The zero-order valence-electron chi connectivity index (χ0n) is 6.91. The number of nitrogens with one attached hydrogen (secondary N) is 1. The predicted octanol–water partition coefficient (Wildman–Crippen LogP) is 0.675. The summed E-state index contributed by atoms with van der Waals surface area (Å²) in [6.45, 7) is 2.31. The average molecular weight is 160 g/mol. The molecule has 0 aromatic carbocycles. The van der Waals surface area contributed by atoms with Crippen molar-refractivity contribution in [2.75, 3.05) is 26.3 Å². The van der Waals surface area contributed by atoms with Crippen LogP contribution in [-0.2, 0) is 0 Å². The van der Waals surface area contributed by atoms with E-state index in [1.807, 2.05) is 0 Å². The standard InChI is InChI=1S/C8H17FN2/c9-7-8(1-4-10)2-5-11-6-3-8/h11H,1-7,10H2. The Hall–Kier alpha value is -0.150. The Balaban J connectivity index is 2.42. The molecule has 0 aromatic heterocycles. The van der Waals surface area contributed by atoms with Gasteiger partial charge in [-0.15, -0.1) is 0 Å². The van der Waals surface area contributed by atoms with Crippen LogP contribution >= 0.6 is 0 Å². The Morgan fingerprint density at radius 1 is 1.36 bits per heavy atom. The Kier molecular flexibility index (Phi) is 3.27. The third-order valence-electron chi connectivity index (χ3n) is 2.62. The highest BCUT2D eigenvalue weighted by Gasteiger charge is 2.30. The molecule has 3 heteroatoms. The van der Waals surface area contributed by atoms with Crippen LogP contribution in [0.2, 0.25) is 0 Å². The molecule has 2 nitrogen and oxygen atoms in total. The van der Waals surface area contributed by atoms with Crippen molar-refractivity contribution < 1.29 is 4.39 Å². The second kappa shape index (κ2) is 4.02. The lowest BCUT2D eigenvalue weighted by molar-refractivity contribution is 0.138. The monoisotopic (exact) mass is 160 g/mol. The average Bonchev–Trinajstić information content (AvgIpc) is 2.07. The molecule has 1 heterocycles. The first-order valence-corrected chi connectivity index (χ1v) is 4.30. The maximum Gasteiger partial charge on any atom is 0.0952 e. The Labute approximate surface area is 67.3 Å². The molecular weight excluding hydrogens is 143 g/mol. The minimum absolute atomic E-state index is 0.0833. The molecule has 66 valence electrons. The lowest BCUT2D eigenvalue weighted by Crippen LogP contribution is -2.39. The zero-order chi connectivity index (χ0) is 8.16. The fourth-order valence-corrected chi connectivity index (χ4v) is 1.71. The quantitative estimate of drug-likeness (QED) is 0.637. The molecule has 0 atom stereocenters.